The van der Waals surface area contributed by atoms with E-state index in [9.17, 15) is 13.2 Å². The second kappa shape index (κ2) is 5.89. The number of nitrogens with zero attached hydrogens (tertiary/aromatic N) is 1. The first kappa shape index (κ1) is 15.6. The highest BCUT2D eigenvalue weighted by atomic mass is 35.5. The molecule has 0 aliphatic heterocycles. The third-order valence-electron chi connectivity index (χ3n) is 2.63. The molecule has 2 rings (SSSR count). The fraction of sp³-hybridized carbons (Fsp3) is 0.250. The quantitative estimate of drug-likeness (QED) is 0.869. The molecule has 0 fully saturated rings. The fourth-order valence-electron chi connectivity index (χ4n) is 1.77. The Morgan fingerprint density at radius 2 is 1.85 bits per heavy atom. The van der Waals surface area contributed by atoms with Crippen molar-refractivity contribution in [2.24, 2.45) is 0 Å². The van der Waals surface area contributed by atoms with Gasteiger partial charge < -0.3 is 5.32 Å². The van der Waals surface area contributed by atoms with Gasteiger partial charge in [0, 0.05) is 26.7 Å². The molecule has 0 saturated carbocycles. The van der Waals surface area contributed by atoms with Gasteiger partial charge in [0.2, 0.25) is 0 Å². The van der Waals surface area contributed by atoms with Crippen molar-refractivity contribution in [1.29, 1.82) is 0 Å². The van der Waals surface area contributed by atoms with Crippen LogP contribution >= 0.6 is 34.5 Å². The van der Waals surface area contributed by atoms with Gasteiger partial charge in [0.1, 0.15) is 0 Å². The lowest BCUT2D eigenvalue weighted by molar-refractivity contribution is -0.137. The Morgan fingerprint density at radius 1 is 1.25 bits per heavy atom. The minimum atomic E-state index is -4.45. The van der Waals surface area contributed by atoms with E-state index in [4.69, 9.17) is 23.2 Å². The molecule has 0 amide bonds. The van der Waals surface area contributed by atoms with Crippen LogP contribution in [0.15, 0.2) is 24.4 Å². The van der Waals surface area contributed by atoms with E-state index in [-0.39, 0.29) is 0 Å². The molecule has 0 bridgehead atoms. The van der Waals surface area contributed by atoms with Gasteiger partial charge in [0.15, 0.2) is 5.01 Å². The molecular formula is C12H9Cl2F3N2S. The van der Waals surface area contributed by atoms with E-state index >= 15 is 0 Å². The van der Waals surface area contributed by atoms with Gasteiger partial charge >= 0.3 is 6.18 Å². The zero-order chi connectivity index (χ0) is 14.9. The lowest BCUT2D eigenvalue weighted by atomic mass is 10.1. The van der Waals surface area contributed by atoms with Crippen LogP contribution in [0.3, 0.4) is 0 Å². The molecule has 2 aromatic rings. The Labute approximate surface area is 127 Å². The van der Waals surface area contributed by atoms with Crippen molar-refractivity contribution < 1.29 is 13.2 Å². The molecule has 1 heterocycles. The minimum absolute atomic E-state index is 0.388. The average molecular weight is 341 g/mol. The van der Waals surface area contributed by atoms with Gasteiger partial charge in [0.25, 0.3) is 0 Å². The predicted molar refractivity (Wildman–Crippen MR) is 74.5 cm³/mol. The number of aromatic nitrogens is 1. The summed E-state index contributed by atoms with van der Waals surface area (Å²) in [6.45, 7) is 0. The summed E-state index contributed by atoms with van der Waals surface area (Å²) in [5.41, 5.74) is 0.538. The van der Waals surface area contributed by atoms with E-state index < -0.39 is 17.2 Å². The van der Waals surface area contributed by atoms with Crippen LogP contribution in [-0.4, -0.2) is 12.0 Å². The van der Waals surface area contributed by atoms with E-state index in [2.05, 4.69) is 10.3 Å². The van der Waals surface area contributed by atoms with Gasteiger partial charge in [-0.3, -0.25) is 0 Å². The van der Waals surface area contributed by atoms with Crippen LogP contribution in [0, 0.1) is 0 Å². The average Bonchev–Trinajstić information content (AvgIpc) is 2.83. The number of thiazole rings is 1. The second-order valence-electron chi connectivity index (χ2n) is 3.92. The van der Waals surface area contributed by atoms with Crippen LogP contribution in [0.25, 0.3) is 0 Å². The van der Waals surface area contributed by atoms with Gasteiger partial charge in [-0.1, -0.05) is 29.3 Å². The molecule has 108 valence electrons. The van der Waals surface area contributed by atoms with E-state index in [0.717, 1.165) is 0 Å². The Bertz CT molecular complexity index is 593. The molecule has 2 nitrogen and oxygen atoms in total. The van der Waals surface area contributed by atoms with Crippen LogP contribution in [0.2, 0.25) is 10.0 Å². The zero-order valence-corrected chi connectivity index (χ0v) is 12.5. The van der Waals surface area contributed by atoms with Crippen molar-refractivity contribution in [2.45, 2.75) is 12.2 Å². The summed E-state index contributed by atoms with van der Waals surface area (Å²) < 4.78 is 37.8. The van der Waals surface area contributed by atoms with Crippen molar-refractivity contribution >= 4 is 34.5 Å². The summed E-state index contributed by atoms with van der Waals surface area (Å²) in [6.07, 6.45) is -3.26. The van der Waals surface area contributed by atoms with Crippen LogP contribution in [0.1, 0.15) is 21.5 Å². The number of halogens is 5. The summed E-state index contributed by atoms with van der Waals surface area (Å²) in [7, 11) is 1.62. The Balaban J connectivity index is 2.45. The van der Waals surface area contributed by atoms with Gasteiger partial charge in [0.05, 0.1) is 6.04 Å². The molecule has 20 heavy (non-hydrogen) atoms. The fourth-order valence-corrected chi connectivity index (χ4v) is 3.29. The highest BCUT2D eigenvalue weighted by Crippen LogP contribution is 2.39. The van der Waals surface area contributed by atoms with E-state index in [1.165, 1.54) is 6.20 Å². The number of hydrogen-bond acceptors (Lipinski definition) is 3. The van der Waals surface area contributed by atoms with Crippen molar-refractivity contribution in [1.82, 2.24) is 10.3 Å². The first-order valence-corrected chi connectivity index (χ1v) is 7.06. The van der Waals surface area contributed by atoms with E-state index in [1.54, 1.807) is 25.2 Å². The Morgan fingerprint density at radius 3 is 2.30 bits per heavy atom. The molecular weight excluding hydrogens is 332 g/mol. The summed E-state index contributed by atoms with van der Waals surface area (Å²) >= 11 is 12.7. The molecule has 0 spiro atoms. The van der Waals surface area contributed by atoms with Gasteiger partial charge in [-0.15, -0.1) is 11.3 Å². The smallest absolute Gasteiger partial charge is 0.309 e. The Hall–Kier alpha value is -0.820. The zero-order valence-electron chi connectivity index (χ0n) is 10.1. The van der Waals surface area contributed by atoms with Crippen LogP contribution in [0.5, 0.6) is 0 Å². The lowest BCUT2D eigenvalue weighted by Crippen LogP contribution is -2.17. The van der Waals surface area contributed by atoms with Gasteiger partial charge in [-0.05, 0) is 19.2 Å². The summed E-state index contributed by atoms with van der Waals surface area (Å²) in [6, 6.07) is 4.41. The van der Waals surface area contributed by atoms with Crippen LogP contribution < -0.4 is 5.32 Å². The molecule has 1 aromatic heterocycles. The molecule has 1 atom stereocenters. The monoisotopic (exact) mass is 340 g/mol. The lowest BCUT2D eigenvalue weighted by Gasteiger charge is -2.17. The summed E-state index contributed by atoms with van der Waals surface area (Å²) in [4.78, 5) is 3.81. The number of rotatable bonds is 3. The second-order valence-corrected chi connectivity index (χ2v) is 5.80. The maximum atomic E-state index is 12.6. The molecule has 1 N–H and O–H groups in total. The molecule has 0 aliphatic carbocycles. The summed E-state index contributed by atoms with van der Waals surface area (Å²) in [5.74, 6) is 0. The van der Waals surface area contributed by atoms with E-state index in [1.807, 2.05) is 0 Å². The summed E-state index contributed by atoms with van der Waals surface area (Å²) in [5, 5.41) is 2.80. The number of benzene rings is 1. The molecule has 1 unspecified atom stereocenters. The van der Waals surface area contributed by atoms with Crippen molar-refractivity contribution in [3.8, 4) is 0 Å². The van der Waals surface area contributed by atoms with Gasteiger partial charge in [-0.2, -0.15) is 13.2 Å². The normalized spacial score (nSPS) is 13.5. The van der Waals surface area contributed by atoms with Crippen molar-refractivity contribution in [3.05, 3.63) is 49.9 Å². The highest BCUT2D eigenvalue weighted by Gasteiger charge is 2.35. The maximum Gasteiger partial charge on any atom is 0.443 e. The Kier molecular flexibility index (Phi) is 4.59. The largest absolute Gasteiger partial charge is 0.443 e. The highest BCUT2D eigenvalue weighted by molar-refractivity contribution is 7.11. The molecule has 0 saturated heterocycles. The minimum Gasteiger partial charge on any atom is -0.309 e. The number of nitrogens with one attached hydrogen (secondary N) is 1. The molecule has 0 aliphatic rings. The first-order chi connectivity index (χ1) is 9.34. The molecule has 8 heteroatoms. The van der Waals surface area contributed by atoms with Crippen LogP contribution in [-0.2, 0) is 6.18 Å². The van der Waals surface area contributed by atoms with E-state index in [0.29, 0.717) is 31.8 Å². The third-order valence-corrected chi connectivity index (χ3v) is 4.39. The third kappa shape index (κ3) is 3.09. The SMILES string of the molecule is CNC(c1cnc(C(F)(F)F)s1)c1c(Cl)cccc1Cl. The predicted octanol–water partition coefficient (Wildman–Crippen LogP) is 4.78. The molecule has 1 aromatic carbocycles. The van der Waals surface area contributed by atoms with Crippen molar-refractivity contribution in [3.63, 3.8) is 0 Å². The standard InChI is InChI=1S/C12H9Cl2F3N2S/c1-18-10(9-6(13)3-2-4-7(9)14)8-5-19-11(20-8)12(15,16)17/h2-5,10,18H,1H3. The van der Waals surface area contributed by atoms with Gasteiger partial charge in [-0.25, -0.2) is 4.98 Å². The number of alkyl halides is 3. The van der Waals surface area contributed by atoms with Crippen molar-refractivity contribution in [2.75, 3.05) is 7.05 Å². The maximum absolute atomic E-state index is 12.6. The molecule has 0 radical (unpaired) electrons. The topological polar surface area (TPSA) is 24.9 Å². The number of hydrogen-bond donors (Lipinski definition) is 1. The van der Waals surface area contributed by atoms with Crippen LogP contribution in [0.4, 0.5) is 13.2 Å². The first-order valence-electron chi connectivity index (χ1n) is 5.48.